The van der Waals surface area contributed by atoms with Crippen molar-refractivity contribution < 1.29 is 38.1 Å². The molecule has 0 heterocycles. The van der Waals surface area contributed by atoms with E-state index in [2.05, 4.69) is 36.5 Å². The Bertz CT molecular complexity index is 1650. The number of hydrogen-bond donors (Lipinski definition) is 0. The highest BCUT2D eigenvalue weighted by molar-refractivity contribution is 5.76. The molecular weight excluding hydrogens is 717 g/mol. The van der Waals surface area contributed by atoms with Gasteiger partial charge in [0.15, 0.2) is 0 Å². The van der Waals surface area contributed by atoms with E-state index in [-0.39, 0.29) is 62.1 Å². The van der Waals surface area contributed by atoms with Crippen molar-refractivity contribution >= 4 is 23.9 Å². The van der Waals surface area contributed by atoms with Gasteiger partial charge in [-0.25, -0.2) is 0 Å². The van der Waals surface area contributed by atoms with Crippen LogP contribution >= 0.6 is 0 Å². The minimum absolute atomic E-state index is 0.135. The van der Waals surface area contributed by atoms with Gasteiger partial charge in [0.2, 0.25) is 0 Å². The van der Waals surface area contributed by atoms with Gasteiger partial charge >= 0.3 is 23.9 Å². The Morgan fingerprint density at radius 1 is 0.421 bits per heavy atom. The van der Waals surface area contributed by atoms with E-state index in [1.807, 2.05) is 20.8 Å². The van der Waals surface area contributed by atoms with Gasteiger partial charge in [-0.05, 0) is 185 Å². The molecule has 21 unspecified atom stereocenters. The van der Waals surface area contributed by atoms with E-state index in [4.69, 9.17) is 18.9 Å². The molecule has 0 N–H and O–H groups in total. The predicted molar refractivity (Wildman–Crippen MR) is 208 cm³/mol. The molecule has 0 radical (unpaired) electrons. The maximum absolute atomic E-state index is 14.2. The number of carbonyl (C=O) groups is 4. The first-order valence-corrected chi connectivity index (χ1v) is 23.2. The SMILES string of the molecule is CC(C)(C)C(=O)OCC(COC(=O)C1CC2CC1C1C3C=CC(C3)C21)(COC(=O)C1CC2CC1C1C3C=CC(C3)C21)COC(=O)C1CC2CC1C1C3C=CC(C3)C21. The van der Waals surface area contributed by atoms with Gasteiger partial charge < -0.3 is 18.9 Å². The summed E-state index contributed by atoms with van der Waals surface area (Å²) in [4.78, 5) is 56.0. The third-order valence-corrected chi connectivity index (χ3v) is 19.4. The number of fused-ring (bicyclic) bond motifs is 27. The predicted octanol–water partition coefficient (Wildman–Crippen LogP) is 7.47. The number of rotatable bonds is 11. The Balaban J connectivity index is 0.786. The van der Waals surface area contributed by atoms with Crippen LogP contribution in [0.25, 0.3) is 0 Å². The Morgan fingerprint density at radius 3 is 1.04 bits per heavy atom. The number of carbonyl (C=O) groups excluding carboxylic acids is 4. The van der Waals surface area contributed by atoms with E-state index < -0.39 is 16.8 Å². The molecule has 12 aliphatic rings. The Morgan fingerprint density at radius 2 is 0.719 bits per heavy atom. The van der Waals surface area contributed by atoms with Crippen LogP contribution in [0.1, 0.15) is 78.6 Å². The number of allylic oxidation sites excluding steroid dienone is 6. The summed E-state index contributed by atoms with van der Waals surface area (Å²) in [6.07, 6.45) is 24.0. The zero-order valence-electron chi connectivity index (χ0n) is 34.0. The largest absolute Gasteiger partial charge is 0.464 e. The van der Waals surface area contributed by atoms with Gasteiger partial charge in [0.1, 0.15) is 31.8 Å². The van der Waals surface area contributed by atoms with Crippen molar-refractivity contribution in [2.75, 3.05) is 26.4 Å². The topological polar surface area (TPSA) is 105 Å². The van der Waals surface area contributed by atoms with Crippen LogP contribution < -0.4 is 0 Å². The summed E-state index contributed by atoms with van der Waals surface area (Å²) in [5.74, 6) is 8.78. The Labute approximate surface area is 337 Å². The summed E-state index contributed by atoms with van der Waals surface area (Å²) < 4.78 is 25.0. The van der Waals surface area contributed by atoms with Crippen LogP contribution in [0.4, 0.5) is 0 Å². The first-order valence-electron chi connectivity index (χ1n) is 23.2. The van der Waals surface area contributed by atoms with Gasteiger partial charge in [-0.2, -0.15) is 0 Å². The second-order valence-electron chi connectivity index (χ2n) is 23.0. The van der Waals surface area contributed by atoms with Crippen LogP contribution in [-0.4, -0.2) is 50.3 Å². The summed E-state index contributed by atoms with van der Waals surface area (Å²) in [7, 11) is 0. The average molecular weight is 779 g/mol. The lowest BCUT2D eigenvalue weighted by atomic mass is 9.69. The second-order valence-corrected chi connectivity index (χ2v) is 23.0. The van der Waals surface area contributed by atoms with Gasteiger partial charge in [-0.3, -0.25) is 19.2 Å². The fraction of sp³-hybridized carbons (Fsp3) is 0.796. The van der Waals surface area contributed by atoms with Crippen molar-refractivity contribution in [1.82, 2.24) is 0 Å². The van der Waals surface area contributed by atoms with Crippen molar-refractivity contribution in [2.24, 2.45) is 135 Å². The molecule has 8 heteroatoms. The zero-order chi connectivity index (χ0) is 38.7. The molecule has 0 aromatic heterocycles. The molecule has 21 atom stereocenters. The molecule has 9 fully saturated rings. The van der Waals surface area contributed by atoms with Crippen molar-refractivity contribution in [3.8, 4) is 0 Å². The van der Waals surface area contributed by atoms with Gasteiger partial charge in [-0.1, -0.05) is 36.5 Å². The van der Waals surface area contributed by atoms with Crippen LogP contribution in [0.2, 0.25) is 0 Å². The van der Waals surface area contributed by atoms with Crippen LogP contribution in [0.15, 0.2) is 36.5 Å². The number of esters is 4. The molecule has 306 valence electrons. The molecule has 0 amide bonds. The van der Waals surface area contributed by atoms with Gasteiger partial charge in [0.05, 0.1) is 23.2 Å². The Hall–Kier alpha value is -2.90. The average Bonchev–Trinajstić information content (AvgIpc) is 4.04. The van der Waals surface area contributed by atoms with Crippen LogP contribution in [0.3, 0.4) is 0 Å². The molecule has 0 aliphatic heterocycles. The van der Waals surface area contributed by atoms with E-state index >= 15 is 0 Å². The van der Waals surface area contributed by atoms with Gasteiger partial charge in [0.25, 0.3) is 0 Å². The van der Waals surface area contributed by atoms with Crippen LogP contribution in [0, 0.1) is 135 Å². The van der Waals surface area contributed by atoms with E-state index in [9.17, 15) is 19.2 Å². The molecule has 0 spiro atoms. The highest BCUT2D eigenvalue weighted by Gasteiger charge is 2.65. The highest BCUT2D eigenvalue weighted by atomic mass is 16.6. The summed E-state index contributed by atoms with van der Waals surface area (Å²) >= 11 is 0. The maximum atomic E-state index is 14.2. The first kappa shape index (κ1) is 36.0. The normalized spacial score (nSPS) is 50.8. The first-order chi connectivity index (χ1) is 27.4. The monoisotopic (exact) mass is 778 g/mol. The fourth-order valence-electron chi connectivity index (χ4n) is 17.5. The molecule has 12 bridgehead atoms. The Kier molecular flexibility index (Phi) is 7.93. The smallest absolute Gasteiger partial charge is 0.311 e. The third-order valence-electron chi connectivity index (χ3n) is 19.4. The van der Waals surface area contributed by atoms with E-state index in [0.717, 1.165) is 38.5 Å². The minimum Gasteiger partial charge on any atom is -0.464 e. The van der Waals surface area contributed by atoms with E-state index in [1.165, 1.54) is 19.3 Å². The highest BCUT2D eigenvalue weighted by Crippen LogP contribution is 2.69. The van der Waals surface area contributed by atoms with E-state index in [1.54, 1.807) is 0 Å². The van der Waals surface area contributed by atoms with Crippen LogP contribution in [0.5, 0.6) is 0 Å². The van der Waals surface area contributed by atoms with Crippen molar-refractivity contribution in [2.45, 2.75) is 78.6 Å². The molecule has 0 aromatic carbocycles. The minimum atomic E-state index is -1.22. The lowest BCUT2D eigenvalue weighted by Crippen LogP contribution is -2.47. The molecule has 8 nitrogen and oxygen atoms in total. The molecule has 57 heavy (non-hydrogen) atoms. The molecule has 12 aliphatic carbocycles. The fourth-order valence-corrected chi connectivity index (χ4v) is 17.5. The maximum Gasteiger partial charge on any atom is 0.311 e. The standard InChI is InChI=1S/C49H62O8/c1-48(2,3)47(53)57-22-49(19-54-44(50)35-16-29-13-32(35)41-26-7-4-23(10-26)38(29)41,20-55-45(51)36-17-30-14-33(36)42-27-8-5-24(11-27)39(30)42)21-56-46(52)37-18-31-15-34(37)43-28-9-6-25(12-28)40(31)43/h4-9,23-43H,10-22H2,1-3H3. The lowest BCUT2D eigenvalue weighted by Gasteiger charge is -2.38. The molecule has 0 saturated heterocycles. The number of hydrogen-bond acceptors (Lipinski definition) is 8. The van der Waals surface area contributed by atoms with Crippen molar-refractivity contribution in [3.05, 3.63) is 36.5 Å². The molecule has 0 aromatic rings. The summed E-state index contributed by atoms with van der Waals surface area (Å²) in [5, 5.41) is 0. The third kappa shape index (κ3) is 5.28. The lowest BCUT2D eigenvalue weighted by molar-refractivity contribution is -0.179. The number of ether oxygens (including phenoxy) is 4. The molecular formula is C49H62O8. The summed E-state index contributed by atoms with van der Waals surface area (Å²) in [6.45, 7) is 4.86. The van der Waals surface area contributed by atoms with Crippen LogP contribution in [-0.2, 0) is 38.1 Å². The summed E-state index contributed by atoms with van der Waals surface area (Å²) in [5.41, 5.74) is -1.99. The van der Waals surface area contributed by atoms with Gasteiger partial charge in [0, 0.05) is 0 Å². The molecule has 12 rings (SSSR count). The molecule has 9 saturated carbocycles. The second kappa shape index (κ2) is 12.6. The quantitative estimate of drug-likeness (QED) is 0.0922. The zero-order valence-corrected chi connectivity index (χ0v) is 34.0. The van der Waals surface area contributed by atoms with Gasteiger partial charge in [-0.15, -0.1) is 0 Å². The van der Waals surface area contributed by atoms with Crippen molar-refractivity contribution in [1.29, 1.82) is 0 Å². The van der Waals surface area contributed by atoms with E-state index in [0.29, 0.717) is 107 Å². The summed E-state index contributed by atoms with van der Waals surface area (Å²) in [6, 6.07) is 0. The van der Waals surface area contributed by atoms with Crippen molar-refractivity contribution in [3.63, 3.8) is 0 Å².